The molecule has 0 aliphatic rings. The van der Waals surface area contributed by atoms with Gasteiger partial charge in [0.1, 0.15) is 11.6 Å². The zero-order valence-corrected chi connectivity index (χ0v) is 16.6. The van der Waals surface area contributed by atoms with Crippen LogP contribution in [0, 0.1) is 5.82 Å². The number of rotatable bonds is 7. The van der Waals surface area contributed by atoms with E-state index in [1.54, 1.807) is 6.92 Å². The molecular formula is C18H15ClFN3O2S2. The fourth-order valence-electron chi connectivity index (χ4n) is 2.05. The molecule has 27 heavy (non-hydrogen) atoms. The van der Waals surface area contributed by atoms with Crippen molar-refractivity contribution in [3.8, 4) is 5.75 Å². The third kappa shape index (κ3) is 5.66. The quantitative estimate of drug-likeness (QED) is 0.426. The molecule has 1 atom stereocenters. The number of aromatic nitrogens is 2. The van der Waals surface area contributed by atoms with Crippen LogP contribution in [0.2, 0.25) is 5.02 Å². The van der Waals surface area contributed by atoms with Gasteiger partial charge in [-0.15, -0.1) is 10.2 Å². The molecule has 0 fully saturated rings. The van der Waals surface area contributed by atoms with Crippen LogP contribution in [-0.2, 0) is 10.5 Å². The summed E-state index contributed by atoms with van der Waals surface area (Å²) in [5, 5.41) is 11.8. The lowest BCUT2D eigenvalue weighted by Gasteiger charge is -2.13. The van der Waals surface area contributed by atoms with Crippen molar-refractivity contribution in [3.63, 3.8) is 0 Å². The third-order valence-corrected chi connectivity index (χ3v) is 5.83. The van der Waals surface area contributed by atoms with Crippen molar-refractivity contribution in [1.29, 1.82) is 0 Å². The number of carbonyl (C=O) groups excluding carboxylic acids is 1. The summed E-state index contributed by atoms with van der Waals surface area (Å²) in [7, 11) is 0. The van der Waals surface area contributed by atoms with E-state index in [1.807, 2.05) is 24.3 Å². The highest BCUT2D eigenvalue weighted by Crippen LogP contribution is 2.30. The lowest BCUT2D eigenvalue weighted by Crippen LogP contribution is -2.30. The van der Waals surface area contributed by atoms with E-state index < -0.39 is 6.10 Å². The van der Waals surface area contributed by atoms with Gasteiger partial charge in [0.25, 0.3) is 5.91 Å². The molecule has 0 aliphatic carbocycles. The Kier molecular flexibility index (Phi) is 6.65. The number of anilines is 1. The van der Waals surface area contributed by atoms with E-state index in [0.29, 0.717) is 21.7 Å². The van der Waals surface area contributed by atoms with Crippen LogP contribution in [-0.4, -0.2) is 22.2 Å². The first-order valence-electron chi connectivity index (χ1n) is 7.94. The SMILES string of the molecule is CC(Oc1ccc(F)cc1)C(=O)Nc1nnc(SCc2ccccc2Cl)s1. The predicted molar refractivity (Wildman–Crippen MR) is 106 cm³/mol. The summed E-state index contributed by atoms with van der Waals surface area (Å²) >= 11 is 8.90. The molecule has 140 valence electrons. The van der Waals surface area contributed by atoms with Crippen LogP contribution in [0.1, 0.15) is 12.5 Å². The molecule has 3 aromatic rings. The minimum absolute atomic E-state index is 0.363. The molecule has 0 spiro atoms. The molecular weight excluding hydrogens is 409 g/mol. The summed E-state index contributed by atoms with van der Waals surface area (Å²) in [5.74, 6) is 0.340. The van der Waals surface area contributed by atoms with Crippen molar-refractivity contribution < 1.29 is 13.9 Å². The fraction of sp³-hybridized carbons (Fsp3) is 0.167. The van der Waals surface area contributed by atoms with Gasteiger partial charge in [0.15, 0.2) is 10.4 Å². The molecule has 1 aromatic heterocycles. The van der Waals surface area contributed by atoms with Gasteiger partial charge < -0.3 is 4.74 Å². The summed E-state index contributed by atoms with van der Waals surface area (Å²) < 4.78 is 19.1. The molecule has 0 saturated heterocycles. The van der Waals surface area contributed by atoms with Crippen LogP contribution in [0.4, 0.5) is 9.52 Å². The summed E-state index contributed by atoms with van der Waals surface area (Å²) in [4.78, 5) is 12.2. The van der Waals surface area contributed by atoms with E-state index in [-0.39, 0.29) is 11.7 Å². The summed E-state index contributed by atoms with van der Waals surface area (Å²) in [6.45, 7) is 1.60. The van der Waals surface area contributed by atoms with E-state index in [2.05, 4.69) is 15.5 Å². The van der Waals surface area contributed by atoms with E-state index in [9.17, 15) is 9.18 Å². The molecule has 1 amide bonds. The number of nitrogens with zero attached hydrogens (tertiary/aromatic N) is 2. The molecule has 1 heterocycles. The monoisotopic (exact) mass is 423 g/mol. The minimum atomic E-state index is -0.765. The maximum atomic E-state index is 12.9. The van der Waals surface area contributed by atoms with Crippen LogP contribution in [0.3, 0.4) is 0 Å². The number of benzene rings is 2. The van der Waals surface area contributed by atoms with Crippen LogP contribution >= 0.6 is 34.7 Å². The molecule has 2 aromatic carbocycles. The molecule has 0 aliphatic heterocycles. The van der Waals surface area contributed by atoms with Crippen LogP contribution in [0.25, 0.3) is 0 Å². The van der Waals surface area contributed by atoms with Crippen LogP contribution in [0.5, 0.6) is 5.75 Å². The smallest absolute Gasteiger partial charge is 0.266 e. The average Bonchev–Trinajstić information content (AvgIpc) is 3.10. The highest BCUT2D eigenvalue weighted by Gasteiger charge is 2.17. The standard InChI is InChI=1S/C18H15ClFN3O2S2/c1-11(25-14-8-6-13(20)7-9-14)16(24)21-17-22-23-18(27-17)26-10-12-4-2-3-5-15(12)19/h2-9,11H,10H2,1H3,(H,21,22,24). The van der Waals surface area contributed by atoms with Crippen molar-refractivity contribution in [3.05, 3.63) is 64.9 Å². The number of ether oxygens (including phenoxy) is 1. The first kappa shape index (κ1) is 19.6. The van der Waals surface area contributed by atoms with Gasteiger partial charge in [-0.25, -0.2) is 4.39 Å². The number of hydrogen-bond donors (Lipinski definition) is 1. The Balaban J connectivity index is 1.52. The first-order chi connectivity index (χ1) is 13.0. The van der Waals surface area contributed by atoms with Crippen LogP contribution in [0.15, 0.2) is 52.9 Å². The van der Waals surface area contributed by atoms with Gasteiger partial charge in [0.05, 0.1) is 0 Å². The molecule has 0 bridgehead atoms. The van der Waals surface area contributed by atoms with E-state index in [1.165, 1.54) is 47.4 Å². The Labute approximate surface area is 168 Å². The lowest BCUT2D eigenvalue weighted by atomic mass is 10.2. The van der Waals surface area contributed by atoms with Gasteiger partial charge >= 0.3 is 0 Å². The van der Waals surface area contributed by atoms with Crippen molar-refractivity contribution in [2.75, 3.05) is 5.32 Å². The van der Waals surface area contributed by atoms with Gasteiger partial charge in [-0.2, -0.15) is 0 Å². The summed E-state index contributed by atoms with van der Waals surface area (Å²) in [6.07, 6.45) is -0.765. The summed E-state index contributed by atoms with van der Waals surface area (Å²) in [5.41, 5.74) is 1.01. The van der Waals surface area contributed by atoms with E-state index in [0.717, 1.165) is 9.90 Å². The van der Waals surface area contributed by atoms with Crippen molar-refractivity contribution in [2.45, 2.75) is 23.1 Å². The highest BCUT2D eigenvalue weighted by molar-refractivity contribution is 8.00. The number of carbonyl (C=O) groups is 1. The normalized spacial score (nSPS) is 11.8. The maximum absolute atomic E-state index is 12.9. The zero-order chi connectivity index (χ0) is 19.2. The maximum Gasteiger partial charge on any atom is 0.266 e. The minimum Gasteiger partial charge on any atom is -0.481 e. The van der Waals surface area contributed by atoms with E-state index in [4.69, 9.17) is 16.3 Å². The Morgan fingerprint density at radius 1 is 1.26 bits per heavy atom. The second-order valence-corrected chi connectivity index (χ2v) is 8.06. The van der Waals surface area contributed by atoms with Crippen LogP contribution < -0.4 is 10.1 Å². The average molecular weight is 424 g/mol. The van der Waals surface area contributed by atoms with Crippen molar-refractivity contribution in [1.82, 2.24) is 10.2 Å². The van der Waals surface area contributed by atoms with Gasteiger partial charge in [0.2, 0.25) is 5.13 Å². The number of halogens is 2. The number of thioether (sulfide) groups is 1. The second-order valence-electron chi connectivity index (χ2n) is 5.46. The molecule has 0 saturated carbocycles. The second kappa shape index (κ2) is 9.16. The highest BCUT2D eigenvalue weighted by atomic mass is 35.5. The molecule has 1 unspecified atom stereocenters. The first-order valence-corrected chi connectivity index (χ1v) is 10.1. The zero-order valence-electron chi connectivity index (χ0n) is 14.2. The number of nitrogens with one attached hydrogen (secondary N) is 1. The Morgan fingerprint density at radius 2 is 2.00 bits per heavy atom. The van der Waals surface area contributed by atoms with Gasteiger partial charge in [0, 0.05) is 10.8 Å². The van der Waals surface area contributed by atoms with Crippen molar-refractivity contribution >= 4 is 45.7 Å². The third-order valence-electron chi connectivity index (χ3n) is 3.44. The van der Waals surface area contributed by atoms with Gasteiger partial charge in [-0.05, 0) is 42.8 Å². The topological polar surface area (TPSA) is 64.1 Å². The van der Waals surface area contributed by atoms with E-state index >= 15 is 0 Å². The lowest BCUT2D eigenvalue weighted by molar-refractivity contribution is -0.122. The predicted octanol–water partition coefficient (Wildman–Crippen LogP) is 5.03. The largest absolute Gasteiger partial charge is 0.481 e. The Hall–Kier alpha value is -2.16. The van der Waals surface area contributed by atoms with Gasteiger partial charge in [-0.3, -0.25) is 10.1 Å². The van der Waals surface area contributed by atoms with Crippen molar-refractivity contribution in [2.24, 2.45) is 0 Å². The summed E-state index contributed by atoms with van der Waals surface area (Å²) in [6, 6.07) is 13.1. The molecule has 9 heteroatoms. The fourth-order valence-corrected chi connectivity index (χ4v) is 4.09. The Morgan fingerprint density at radius 3 is 2.74 bits per heavy atom. The number of hydrogen-bond acceptors (Lipinski definition) is 6. The van der Waals surface area contributed by atoms with Gasteiger partial charge in [-0.1, -0.05) is 52.9 Å². The number of amides is 1. The molecule has 5 nitrogen and oxygen atoms in total. The molecule has 1 N–H and O–H groups in total. The Bertz CT molecular complexity index is 921. The molecule has 0 radical (unpaired) electrons. The molecule has 3 rings (SSSR count).